The maximum Gasteiger partial charge on any atom is 0.469 e. The number of hydrogen-bond acceptors (Lipinski definition) is 7. The first kappa shape index (κ1) is 22.0. The molecular weight excluding hydrogens is 343 g/mol. The molecule has 9 nitrogen and oxygen atoms in total. The van der Waals surface area contributed by atoms with Crippen LogP contribution >= 0.6 is 7.82 Å². The fourth-order valence-electron chi connectivity index (χ4n) is 2.44. The Bertz CT molecular complexity index is 388. The molecule has 5 atom stereocenters. The summed E-state index contributed by atoms with van der Waals surface area (Å²) in [6.45, 7) is 1.81. The fourth-order valence-corrected chi connectivity index (χ4v) is 2.79. The van der Waals surface area contributed by atoms with E-state index in [1.54, 1.807) is 0 Å². The predicted octanol–water partition coefficient (Wildman–Crippen LogP) is 0.280. The second-order valence-electron chi connectivity index (χ2n) is 5.94. The monoisotopic (exact) mass is 372 g/mol. The van der Waals surface area contributed by atoms with E-state index in [1.807, 2.05) is 0 Å². The van der Waals surface area contributed by atoms with Crippen LogP contribution in [0.4, 0.5) is 0 Å². The summed E-state index contributed by atoms with van der Waals surface area (Å²) >= 11 is 0. The van der Waals surface area contributed by atoms with E-state index >= 15 is 0 Å². The SMILES string of the molecule is CCCCCCCCO[C@@H]1O[C@H](COP(=O)(O)O)[C@@H](O)[C@H](O)[C@H]1O. The molecule has 0 aliphatic carbocycles. The Morgan fingerprint density at radius 3 is 2.21 bits per heavy atom. The normalized spacial score (nSPS) is 31.3. The molecule has 1 heterocycles. The van der Waals surface area contributed by atoms with Crippen LogP contribution in [0, 0.1) is 0 Å². The van der Waals surface area contributed by atoms with Crippen molar-refractivity contribution in [2.75, 3.05) is 13.2 Å². The molecule has 0 amide bonds. The average molecular weight is 372 g/mol. The van der Waals surface area contributed by atoms with Gasteiger partial charge in [0.05, 0.1) is 6.61 Å². The molecule has 24 heavy (non-hydrogen) atoms. The Labute approximate surface area is 141 Å². The molecule has 0 saturated carbocycles. The summed E-state index contributed by atoms with van der Waals surface area (Å²) in [6.07, 6.45) is -0.623. The zero-order valence-corrected chi connectivity index (χ0v) is 14.8. The van der Waals surface area contributed by atoms with Crippen LogP contribution in [-0.2, 0) is 18.6 Å². The fraction of sp³-hybridized carbons (Fsp3) is 1.00. The van der Waals surface area contributed by atoms with Crippen molar-refractivity contribution in [2.45, 2.75) is 76.2 Å². The maximum absolute atomic E-state index is 10.7. The van der Waals surface area contributed by atoms with Crippen LogP contribution in [-0.4, -0.2) is 69.0 Å². The van der Waals surface area contributed by atoms with Gasteiger partial charge in [0.15, 0.2) is 6.29 Å². The first-order chi connectivity index (χ1) is 11.3. The lowest BCUT2D eigenvalue weighted by molar-refractivity contribution is -0.300. The number of ether oxygens (including phenoxy) is 2. The topological polar surface area (TPSA) is 146 Å². The lowest BCUT2D eigenvalue weighted by Crippen LogP contribution is -2.59. The smallest absolute Gasteiger partial charge is 0.387 e. The Hall–Kier alpha value is -0.0900. The van der Waals surface area contributed by atoms with Crippen molar-refractivity contribution in [1.29, 1.82) is 0 Å². The van der Waals surface area contributed by atoms with E-state index in [1.165, 1.54) is 6.42 Å². The standard InChI is InChI=1S/C14H29O9P/c1-2-3-4-5-6-7-8-21-14-13(17)12(16)11(15)10(23-14)9-22-24(18,19)20/h10-17H,2-9H2,1H3,(H2,18,19,20)/t10-,11-,12+,13-,14-/m1/s1. The van der Waals surface area contributed by atoms with Gasteiger partial charge < -0.3 is 34.6 Å². The summed E-state index contributed by atoms with van der Waals surface area (Å²) in [4.78, 5) is 17.4. The first-order valence-electron chi connectivity index (χ1n) is 8.27. The third-order valence-electron chi connectivity index (χ3n) is 3.86. The number of phosphoric acid groups is 1. The third kappa shape index (κ3) is 7.86. The summed E-state index contributed by atoms with van der Waals surface area (Å²) in [7, 11) is -4.73. The second-order valence-corrected chi connectivity index (χ2v) is 7.18. The molecule has 1 saturated heterocycles. The lowest BCUT2D eigenvalue weighted by Gasteiger charge is -2.40. The van der Waals surface area contributed by atoms with Crippen molar-refractivity contribution >= 4 is 7.82 Å². The molecule has 0 aromatic heterocycles. The van der Waals surface area contributed by atoms with Crippen LogP contribution in [0.25, 0.3) is 0 Å². The van der Waals surface area contributed by atoms with Crippen molar-refractivity contribution < 1.29 is 43.7 Å². The van der Waals surface area contributed by atoms with E-state index < -0.39 is 45.1 Å². The van der Waals surface area contributed by atoms with Gasteiger partial charge in [0.25, 0.3) is 0 Å². The number of aliphatic hydroxyl groups is 3. The van der Waals surface area contributed by atoms with E-state index in [0.29, 0.717) is 6.61 Å². The first-order valence-corrected chi connectivity index (χ1v) is 9.80. The van der Waals surface area contributed by atoms with Gasteiger partial charge in [-0.2, -0.15) is 0 Å². The molecule has 1 rings (SSSR count). The van der Waals surface area contributed by atoms with E-state index in [-0.39, 0.29) is 0 Å². The third-order valence-corrected chi connectivity index (χ3v) is 4.34. The molecule has 5 N–H and O–H groups in total. The zero-order chi connectivity index (χ0) is 18.2. The Morgan fingerprint density at radius 1 is 0.958 bits per heavy atom. The minimum Gasteiger partial charge on any atom is -0.387 e. The van der Waals surface area contributed by atoms with Crippen molar-refractivity contribution in [3.8, 4) is 0 Å². The number of phosphoric ester groups is 1. The highest BCUT2D eigenvalue weighted by molar-refractivity contribution is 7.46. The van der Waals surface area contributed by atoms with E-state index in [9.17, 15) is 19.9 Å². The summed E-state index contributed by atoms with van der Waals surface area (Å²) in [5, 5.41) is 29.5. The van der Waals surface area contributed by atoms with Gasteiger partial charge in [-0.3, -0.25) is 4.52 Å². The van der Waals surface area contributed by atoms with Gasteiger partial charge in [-0.25, -0.2) is 4.57 Å². The number of unbranched alkanes of at least 4 members (excludes halogenated alkanes) is 5. The Kier molecular flexibility index (Phi) is 9.88. The molecule has 144 valence electrons. The van der Waals surface area contributed by atoms with E-state index in [2.05, 4.69) is 11.4 Å². The molecule has 1 fully saturated rings. The summed E-state index contributed by atoms with van der Waals surface area (Å²) in [5.74, 6) is 0. The van der Waals surface area contributed by atoms with Gasteiger partial charge in [0, 0.05) is 6.61 Å². The zero-order valence-electron chi connectivity index (χ0n) is 13.9. The van der Waals surface area contributed by atoms with E-state index in [4.69, 9.17) is 19.3 Å². The predicted molar refractivity (Wildman–Crippen MR) is 84.0 cm³/mol. The average Bonchev–Trinajstić information content (AvgIpc) is 2.52. The molecule has 0 bridgehead atoms. The summed E-state index contributed by atoms with van der Waals surface area (Å²) < 4.78 is 25.7. The molecule has 0 aromatic carbocycles. The highest BCUT2D eigenvalue weighted by Gasteiger charge is 2.44. The van der Waals surface area contributed by atoms with Crippen LogP contribution in [0.5, 0.6) is 0 Å². The van der Waals surface area contributed by atoms with Crippen LogP contribution in [0.15, 0.2) is 0 Å². The largest absolute Gasteiger partial charge is 0.469 e. The van der Waals surface area contributed by atoms with Gasteiger partial charge in [-0.15, -0.1) is 0 Å². The van der Waals surface area contributed by atoms with Crippen LogP contribution < -0.4 is 0 Å². The van der Waals surface area contributed by atoms with Crippen molar-refractivity contribution in [3.63, 3.8) is 0 Å². The number of rotatable bonds is 11. The quantitative estimate of drug-likeness (QED) is 0.255. The van der Waals surface area contributed by atoms with Gasteiger partial charge in [-0.1, -0.05) is 39.0 Å². The molecule has 0 radical (unpaired) electrons. The highest BCUT2D eigenvalue weighted by Crippen LogP contribution is 2.37. The van der Waals surface area contributed by atoms with Crippen molar-refractivity contribution in [1.82, 2.24) is 0 Å². The summed E-state index contributed by atoms with van der Waals surface area (Å²) in [5.41, 5.74) is 0. The number of aliphatic hydroxyl groups excluding tert-OH is 3. The summed E-state index contributed by atoms with van der Waals surface area (Å²) in [6, 6.07) is 0. The molecule has 0 aromatic rings. The minimum atomic E-state index is -4.73. The maximum atomic E-state index is 10.7. The van der Waals surface area contributed by atoms with Crippen LogP contribution in [0.2, 0.25) is 0 Å². The van der Waals surface area contributed by atoms with E-state index in [0.717, 1.165) is 32.1 Å². The second kappa shape index (κ2) is 10.8. The highest BCUT2D eigenvalue weighted by atomic mass is 31.2. The lowest BCUT2D eigenvalue weighted by atomic mass is 9.99. The molecule has 0 spiro atoms. The molecule has 1 aliphatic rings. The molecular formula is C14H29O9P. The van der Waals surface area contributed by atoms with Gasteiger partial charge >= 0.3 is 7.82 Å². The molecule has 10 heteroatoms. The Balaban J connectivity index is 2.38. The van der Waals surface area contributed by atoms with Crippen LogP contribution in [0.3, 0.4) is 0 Å². The minimum absolute atomic E-state index is 0.308. The van der Waals surface area contributed by atoms with Crippen molar-refractivity contribution in [2.24, 2.45) is 0 Å². The van der Waals surface area contributed by atoms with Gasteiger partial charge in [-0.05, 0) is 6.42 Å². The number of hydrogen-bond donors (Lipinski definition) is 5. The van der Waals surface area contributed by atoms with Crippen LogP contribution in [0.1, 0.15) is 45.4 Å². The van der Waals surface area contributed by atoms with Gasteiger partial charge in [0.2, 0.25) is 0 Å². The molecule has 0 unspecified atom stereocenters. The van der Waals surface area contributed by atoms with Gasteiger partial charge in [0.1, 0.15) is 24.4 Å². The molecule has 1 aliphatic heterocycles. The van der Waals surface area contributed by atoms with Crippen molar-refractivity contribution in [3.05, 3.63) is 0 Å². The Morgan fingerprint density at radius 2 is 1.58 bits per heavy atom.